The number of nitriles is 1. The van der Waals surface area contributed by atoms with Crippen molar-refractivity contribution in [3.8, 4) is 23.2 Å². The van der Waals surface area contributed by atoms with Crippen molar-refractivity contribution in [2.75, 3.05) is 7.11 Å². The minimum atomic E-state index is 0.316. The molecule has 5 heteroatoms. The van der Waals surface area contributed by atoms with Crippen LogP contribution in [0.3, 0.4) is 0 Å². The van der Waals surface area contributed by atoms with Gasteiger partial charge in [-0.25, -0.2) is 9.97 Å². The van der Waals surface area contributed by atoms with Crippen molar-refractivity contribution in [1.82, 2.24) is 9.97 Å². The van der Waals surface area contributed by atoms with E-state index >= 15 is 0 Å². The average molecular weight is 260 g/mol. The smallest absolute Gasteiger partial charge is 0.162 e. The Labute approximate surface area is 110 Å². The zero-order valence-corrected chi connectivity index (χ0v) is 10.7. The quantitative estimate of drug-likeness (QED) is 0.832. The molecule has 0 saturated heterocycles. The Hall–Kier alpha value is -2.12. The minimum Gasteiger partial charge on any atom is -0.495 e. The normalized spacial score (nSPS) is 9.89. The maximum absolute atomic E-state index is 8.91. The molecule has 0 bridgehead atoms. The number of ether oxygens (including phenoxy) is 1. The molecular formula is C13H10ClN3O. The standard InChI is InChI=1S/C13H10ClN3O/c1-8-6-9(7-15)17-13(16-8)10-4-3-5-11(18-2)12(10)14/h3-6H,1-2H3. The molecule has 0 aliphatic carbocycles. The van der Waals surface area contributed by atoms with Gasteiger partial charge in [0.05, 0.1) is 12.1 Å². The average Bonchev–Trinajstić information content (AvgIpc) is 2.38. The van der Waals surface area contributed by atoms with Gasteiger partial charge in [0.2, 0.25) is 0 Å². The minimum absolute atomic E-state index is 0.316. The number of hydrogen-bond acceptors (Lipinski definition) is 4. The zero-order chi connectivity index (χ0) is 13.1. The molecule has 1 aromatic carbocycles. The molecule has 0 fully saturated rings. The van der Waals surface area contributed by atoms with Gasteiger partial charge in [0.25, 0.3) is 0 Å². The number of nitrogens with zero attached hydrogens (tertiary/aromatic N) is 3. The monoisotopic (exact) mass is 259 g/mol. The van der Waals surface area contributed by atoms with Crippen LogP contribution in [0.25, 0.3) is 11.4 Å². The van der Waals surface area contributed by atoms with Crippen LogP contribution in [0, 0.1) is 18.3 Å². The van der Waals surface area contributed by atoms with Crippen LogP contribution in [0.5, 0.6) is 5.75 Å². The maximum Gasteiger partial charge on any atom is 0.162 e. The van der Waals surface area contributed by atoms with E-state index in [9.17, 15) is 0 Å². The van der Waals surface area contributed by atoms with Crippen molar-refractivity contribution in [2.24, 2.45) is 0 Å². The van der Waals surface area contributed by atoms with Gasteiger partial charge in [-0.15, -0.1) is 0 Å². The lowest BCUT2D eigenvalue weighted by atomic mass is 10.2. The number of hydrogen-bond donors (Lipinski definition) is 0. The van der Waals surface area contributed by atoms with Crippen LogP contribution >= 0.6 is 11.6 Å². The largest absolute Gasteiger partial charge is 0.495 e. The van der Waals surface area contributed by atoms with Crippen LogP contribution < -0.4 is 4.74 Å². The fraction of sp³-hybridized carbons (Fsp3) is 0.154. The Morgan fingerprint density at radius 1 is 1.33 bits per heavy atom. The fourth-order valence-corrected chi connectivity index (χ4v) is 1.88. The van der Waals surface area contributed by atoms with Gasteiger partial charge in [-0.1, -0.05) is 17.7 Å². The van der Waals surface area contributed by atoms with Crippen molar-refractivity contribution in [1.29, 1.82) is 5.26 Å². The topological polar surface area (TPSA) is 58.8 Å². The molecule has 0 spiro atoms. The molecule has 4 nitrogen and oxygen atoms in total. The lowest BCUT2D eigenvalue weighted by Crippen LogP contribution is -1.96. The second-order valence-corrected chi connectivity index (χ2v) is 4.03. The van der Waals surface area contributed by atoms with E-state index in [2.05, 4.69) is 9.97 Å². The van der Waals surface area contributed by atoms with E-state index in [0.717, 1.165) is 5.69 Å². The van der Waals surface area contributed by atoms with Crippen LogP contribution in [0.2, 0.25) is 5.02 Å². The lowest BCUT2D eigenvalue weighted by Gasteiger charge is -2.08. The van der Waals surface area contributed by atoms with Crippen molar-refractivity contribution < 1.29 is 4.74 Å². The van der Waals surface area contributed by atoms with Gasteiger partial charge in [-0.2, -0.15) is 5.26 Å². The Morgan fingerprint density at radius 2 is 2.11 bits per heavy atom. The van der Waals surface area contributed by atoms with Gasteiger partial charge in [-0.3, -0.25) is 0 Å². The van der Waals surface area contributed by atoms with E-state index in [-0.39, 0.29) is 0 Å². The molecular weight excluding hydrogens is 250 g/mol. The zero-order valence-electron chi connectivity index (χ0n) is 9.94. The number of rotatable bonds is 2. The third-order valence-electron chi connectivity index (χ3n) is 2.39. The Kier molecular flexibility index (Phi) is 3.45. The van der Waals surface area contributed by atoms with Gasteiger partial charge < -0.3 is 4.74 Å². The van der Waals surface area contributed by atoms with E-state index in [1.165, 1.54) is 0 Å². The number of aromatic nitrogens is 2. The molecule has 90 valence electrons. The molecule has 0 amide bonds. The summed E-state index contributed by atoms with van der Waals surface area (Å²) in [5.74, 6) is 0.980. The summed E-state index contributed by atoms with van der Waals surface area (Å²) in [6.45, 7) is 1.81. The summed E-state index contributed by atoms with van der Waals surface area (Å²) in [4.78, 5) is 8.43. The molecule has 18 heavy (non-hydrogen) atoms. The maximum atomic E-state index is 8.91. The molecule has 0 N–H and O–H groups in total. The molecule has 0 saturated carbocycles. The van der Waals surface area contributed by atoms with Crippen molar-refractivity contribution in [3.63, 3.8) is 0 Å². The van der Waals surface area contributed by atoms with E-state index in [0.29, 0.717) is 27.9 Å². The summed E-state index contributed by atoms with van der Waals surface area (Å²) in [7, 11) is 1.54. The second kappa shape index (κ2) is 5.03. The number of aryl methyl sites for hydroxylation is 1. The summed E-state index contributed by atoms with van der Waals surface area (Å²) in [5, 5.41) is 9.34. The summed E-state index contributed by atoms with van der Waals surface area (Å²) in [6, 6.07) is 8.98. The molecule has 0 radical (unpaired) electrons. The van der Waals surface area contributed by atoms with E-state index in [1.807, 2.05) is 6.07 Å². The lowest BCUT2D eigenvalue weighted by molar-refractivity contribution is 0.415. The highest BCUT2D eigenvalue weighted by Gasteiger charge is 2.12. The number of methoxy groups -OCH3 is 1. The fourth-order valence-electron chi connectivity index (χ4n) is 1.59. The SMILES string of the molecule is COc1cccc(-c2nc(C)cc(C#N)n2)c1Cl. The van der Waals surface area contributed by atoms with Crippen LogP contribution in [-0.2, 0) is 0 Å². The first-order chi connectivity index (χ1) is 8.65. The van der Waals surface area contributed by atoms with Crippen LogP contribution in [-0.4, -0.2) is 17.1 Å². The van der Waals surface area contributed by atoms with Crippen LogP contribution in [0.1, 0.15) is 11.4 Å². The summed E-state index contributed by atoms with van der Waals surface area (Å²) in [6.07, 6.45) is 0. The highest BCUT2D eigenvalue weighted by atomic mass is 35.5. The predicted molar refractivity (Wildman–Crippen MR) is 68.5 cm³/mol. The molecule has 0 aliphatic rings. The Bertz CT molecular complexity index is 635. The van der Waals surface area contributed by atoms with Crippen LogP contribution in [0.4, 0.5) is 0 Å². The first-order valence-corrected chi connectivity index (χ1v) is 5.62. The highest BCUT2D eigenvalue weighted by Crippen LogP contribution is 2.33. The molecule has 1 aromatic heterocycles. The molecule has 0 unspecified atom stereocenters. The van der Waals surface area contributed by atoms with Crippen molar-refractivity contribution in [2.45, 2.75) is 6.92 Å². The number of benzene rings is 1. The van der Waals surface area contributed by atoms with Gasteiger partial charge in [0.15, 0.2) is 5.82 Å². The molecule has 2 aromatic rings. The molecule has 0 atom stereocenters. The van der Waals surface area contributed by atoms with Crippen LogP contribution in [0.15, 0.2) is 24.3 Å². The Balaban J connectivity index is 2.62. The summed E-state index contributed by atoms with van der Waals surface area (Å²) < 4.78 is 5.14. The van der Waals surface area contributed by atoms with Gasteiger partial charge in [0, 0.05) is 11.3 Å². The van der Waals surface area contributed by atoms with E-state index < -0.39 is 0 Å². The van der Waals surface area contributed by atoms with Crippen molar-refractivity contribution in [3.05, 3.63) is 40.7 Å². The van der Waals surface area contributed by atoms with Crippen molar-refractivity contribution >= 4 is 11.6 Å². The highest BCUT2D eigenvalue weighted by molar-refractivity contribution is 6.34. The van der Waals surface area contributed by atoms with Gasteiger partial charge in [0.1, 0.15) is 17.5 Å². The number of halogens is 1. The third kappa shape index (κ3) is 2.27. The van der Waals surface area contributed by atoms with Gasteiger partial charge in [-0.05, 0) is 25.1 Å². The first kappa shape index (κ1) is 12.3. The second-order valence-electron chi connectivity index (χ2n) is 3.65. The Morgan fingerprint density at radius 3 is 2.78 bits per heavy atom. The van der Waals surface area contributed by atoms with E-state index in [4.69, 9.17) is 21.6 Å². The van der Waals surface area contributed by atoms with Gasteiger partial charge >= 0.3 is 0 Å². The predicted octanol–water partition coefficient (Wildman–Crippen LogP) is 2.99. The van der Waals surface area contributed by atoms with E-state index in [1.54, 1.807) is 38.3 Å². The molecule has 0 aliphatic heterocycles. The summed E-state index contributed by atoms with van der Waals surface area (Å²) in [5.41, 5.74) is 1.68. The third-order valence-corrected chi connectivity index (χ3v) is 2.78. The summed E-state index contributed by atoms with van der Waals surface area (Å²) >= 11 is 6.20. The molecule has 1 heterocycles. The molecule has 2 rings (SSSR count). The first-order valence-electron chi connectivity index (χ1n) is 5.24.